The van der Waals surface area contributed by atoms with E-state index in [-0.39, 0.29) is 32.3 Å². The number of hydrogen-bond acceptors (Lipinski definition) is 7. The molecule has 1 amide bonds. The van der Waals surface area contributed by atoms with E-state index in [4.69, 9.17) is 14.2 Å². The Labute approximate surface area is 223 Å². The first kappa shape index (κ1) is 29.8. The summed E-state index contributed by atoms with van der Waals surface area (Å²) in [5, 5.41) is 0. The predicted molar refractivity (Wildman–Crippen MR) is 144 cm³/mol. The fraction of sp³-hybridized carbons (Fsp3) is 0.741. The van der Waals surface area contributed by atoms with E-state index in [1.807, 2.05) is 4.90 Å². The summed E-state index contributed by atoms with van der Waals surface area (Å²) >= 11 is 0. The first-order chi connectivity index (χ1) is 17.7. The lowest BCUT2D eigenvalue weighted by atomic mass is 10.0. The number of rotatable bonds is 12. The van der Waals surface area contributed by atoms with Crippen molar-refractivity contribution in [1.29, 1.82) is 0 Å². The monoisotopic (exact) mass is 539 g/mol. The van der Waals surface area contributed by atoms with Gasteiger partial charge >= 0.3 is 0 Å². The van der Waals surface area contributed by atoms with E-state index in [2.05, 4.69) is 18.7 Å². The number of sulfonamides is 1. The number of amides is 1. The van der Waals surface area contributed by atoms with Crippen molar-refractivity contribution in [1.82, 2.24) is 14.1 Å². The van der Waals surface area contributed by atoms with Gasteiger partial charge in [-0.1, -0.05) is 13.8 Å². The van der Waals surface area contributed by atoms with Gasteiger partial charge in [0.25, 0.3) is 0 Å². The van der Waals surface area contributed by atoms with Gasteiger partial charge in [0.05, 0.1) is 37.9 Å². The topological polar surface area (TPSA) is 88.6 Å². The van der Waals surface area contributed by atoms with Crippen LogP contribution in [-0.2, 0) is 24.3 Å². The van der Waals surface area contributed by atoms with Crippen LogP contribution in [0.4, 0.5) is 0 Å². The second-order valence-electron chi connectivity index (χ2n) is 10.1. The first-order valence-corrected chi connectivity index (χ1v) is 15.0. The summed E-state index contributed by atoms with van der Waals surface area (Å²) in [6.07, 6.45) is 4.24. The maximum atomic E-state index is 13.7. The molecule has 1 atom stereocenters. The zero-order chi connectivity index (χ0) is 27.0. The lowest BCUT2D eigenvalue weighted by Gasteiger charge is -2.38. The van der Waals surface area contributed by atoms with Crippen molar-refractivity contribution in [3.8, 4) is 5.75 Å². The summed E-state index contributed by atoms with van der Waals surface area (Å²) in [4.78, 5) is 17.6. The highest BCUT2D eigenvalue weighted by Crippen LogP contribution is 2.30. The van der Waals surface area contributed by atoms with Gasteiger partial charge in [-0.3, -0.25) is 4.79 Å². The first-order valence-electron chi connectivity index (χ1n) is 13.6. The van der Waals surface area contributed by atoms with Crippen LogP contribution in [0.25, 0.3) is 0 Å². The van der Waals surface area contributed by atoms with Crippen LogP contribution in [0.15, 0.2) is 17.0 Å². The molecule has 2 heterocycles. The predicted octanol–water partition coefficient (Wildman–Crippen LogP) is 2.83. The van der Waals surface area contributed by atoms with Crippen molar-refractivity contribution in [2.24, 2.45) is 0 Å². The number of carbonyl (C=O) groups is 1. The molecule has 0 spiro atoms. The minimum Gasteiger partial charge on any atom is -0.497 e. The van der Waals surface area contributed by atoms with E-state index in [9.17, 15) is 13.2 Å². The van der Waals surface area contributed by atoms with Crippen LogP contribution in [-0.4, -0.2) is 107 Å². The van der Waals surface area contributed by atoms with Gasteiger partial charge in [0.1, 0.15) is 12.4 Å². The summed E-state index contributed by atoms with van der Waals surface area (Å²) in [7, 11) is -2.21. The van der Waals surface area contributed by atoms with Crippen LogP contribution >= 0.6 is 0 Å². The Balaban J connectivity index is 1.56. The molecule has 37 heavy (non-hydrogen) atoms. The maximum Gasteiger partial charge on any atom is 0.248 e. The molecule has 2 saturated heterocycles. The van der Waals surface area contributed by atoms with Gasteiger partial charge in [-0.05, 0) is 75.9 Å². The third kappa shape index (κ3) is 7.44. The number of benzene rings is 1. The molecule has 2 aliphatic heterocycles. The second kappa shape index (κ2) is 13.9. The summed E-state index contributed by atoms with van der Waals surface area (Å²) in [6.45, 7) is 12.5. The fourth-order valence-electron chi connectivity index (χ4n) is 5.55. The van der Waals surface area contributed by atoms with Crippen LogP contribution in [0.2, 0.25) is 0 Å². The third-order valence-electron chi connectivity index (χ3n) is 7.30. The number of methoxy groups -OCH3 is 1. The summed E-state index contributed by atoms with van der Waals surface area (Å²) in [6, 6.07) is 3.51. The Morgan fingerprint density at radius 1 is 1.08 bits per heavy atom. The molecule has 0 unspecified atom stereocenters. The van der Waals surface area contributed by atoms with E-state index < -0.39 is 16.1 Å². The van der Waals surface area contributed by atoms with E-state index in [0.29, 0.717) is 34.4 Å². The van der Waals surface area contributed by atoms with Crippen molar-refractivity contribution in [3.05, 3.63) is 23.3 Å². The smallest absolute Gasteiger partial charge is 0.248 e. The van der Waals surface area contributed by atoms with E-state index in [1.165, 1.54) is 4.31 Å². The molecule has 210 valence electrons. The zero-order valence-corrected chi connectivity index (χ0v) is 24.0. The normalized spacial score (nSPS) is 19.9. The van der Waals surface area contributed by atoms with Crippen LogP contribution in [0.5, 0.6) is 5.75 Å². The lowest BCUT2D eigenvalue weighted by Crippen LogP contribution is -2.51. The summed E-state index contributed by atoms with van der Waals surface area (Å²) < 4.78 is 45.4. The van der Waals surface area contributed by atoms with Gasteiger partial charge in [-0.15, -0.1) is 0 Å². The number of nitrogens with zero attached hydrogens (tertiary/aromatic N) is 3. The Morgan fingerprint density at radius 3 is 2.27 bits per heavy atom. The molecule has 0 N–H and O–H groups in total. The van der Waals surface area contributed by atoms with Gasteiger partial charge in [-0.2, -0.15) is 4.31 Å². The molecule has 0 aliphatic carbocycles. The summed E-state index contributed by atoms with van der Waals surface area (Å²) in [5.74, 6) is 0.589. The molecule has 9 nitrogen and oxygen atoms in total. The summed E-state index contributed by atoms with van der Waals surface area (Å²) in [5.41, 5.74) is 1.27. The highest BCUT2D eigenvalue weighted by molar-refractivity contribution is 7.89. The Bertz CT molecular complexity index is 965. The average molecular weight is 540 g/mol. The highest BCUT2D eigenvalue weighted by Gasteiger charge is 2.36. The van der Waals surface area contributed by atoms with Crippen LogP contribution in [0.1, 0.15) is 50.7 Å². The number of carbonyl (C=O) groups excluding carboxylic acids is 1. The average Bonchev–Trinajstić information content (AvgIpc) is 2.88. The lowest BCUT2D eigenvalue weighted by molar-refractivity contribution is -0.138. The van der Waals surface area contributed by atoms with E-state index in [0.717, 1.165) is 51.9 Å². The van der Waals surface area contributed by atoms with Gasteiger partial charge in [0, 0.05) is 25.7 Å². The minimum atomic E-state index is -3.77. The molecule has 0 aromatic heterocycles. The quantitative estimate of drug-likeness (QED) is 0.404. The SMILES string of the molecule is CCCN(CCC)C1CCN(C(=O)COC[C@@H]2COCCN2S(=O)(=O)c2c(C)cc(OC)cc2C)CC1. The van der Waals surface area contributed by atoms with Crippen molar-refractivity contribution in [2.45, 2.75) is 70.4 Å². The number of ether oxygens (including phenoxy) is 3. The molecule has 0 radical (unpaired) electrons. The van der Waals surface area contributed by atoms with E-state index >= 15 is 0 Å². The number of likely N-dealkylation sites (tertiary alicyclic amines) is 1. The van der Waals surface area contributed by atoms with Crippen molar-refractivity contribution in [3.63, 3.8) is 0 Å². The largest absolute Gasteiger partial charge is 0.497 e. The molecule has 10 heteroatoms. The fourth-order valence-corrected chi connectivity index (χ4v) is 7.54. The van der Waals surface area contributed by atoms with Crippen molar-refractivity contribution >= 4 is 15.9 Å². The molecule has 2 aliphatic rings. The number of hydrogen-bond donors (Lipinski definition) is 0. The van der Waals surface area contributed by atoms with Gasteiger partial charge in [0.2, 0.25) is 15.9 Å². The van der Waals surface area contributed by atoms with Crippen LogP contribution in [0.3, 0.4) is 0 Å². The zero-order valence-electron chi connectivity index (χ0n) is 23.2. The molecule has 2 fully saturated rings. The molecule has 3 rings (SSSR count). The highest BCUT2D eigenvalue weighted by atomic mass is 32.2. The maximum absolute atomic E-state index is 13.7. The molecular weight excluding hydrogens is 494 g/mol. The van der Waals surface area contributed by atoms with Crippen molar-refractivity contribution < 1.29 is 27.4 Å². The Morgan fingerprint density at radius 2 is 1.70 bits per heavy atom. The van der Waals surface area contributed by atoms with Gasteiger partial charge < -0.3 is 24.0 Å². The van der Waals surface area contributed by atoms with Gasteiger partial charge in [-0.25, -0.2) is 8.42 Å². The van der Waals surface area contributed by atoms with Crippen molar-refractivity contribution in [2.75, 3.05) is 66.3 Å². The molecule has 0 bridgehead atoms. The Hall–Kier alpha value is -1.72. The van der Waals surface area contributed by atoms with Crippen LogP contribution in [0, 0.1) is 13.8 Å². The van der Waals surface area contributed by atoms with Gasteiger partial charge in [0.15, 0.2) is 0 Å². The number of morpholine rings is 1. The van der Waals surface area contributed by atoms with Crippen LogP contribution < -0.4 is 4.74 Å². The minimum absolute atomic E-state index is 0.0380. The Kier molecular flexibility index (Phi) is 11.2. The number of aryl methyl sites for hydroxylation is 2. The number of piperidine rings is 1. The molecule has 1 aromatic rings. The molecular formula is C27H45N3O6S. The third-order valence-corrected chi connectivity index (χ3v) is 9.56. The molecule has 1 aromatic carbocycles. The standard InChI is InChI=1S/C27H45N3O6S/c1-6-10-28(11-7-2)23-8-12-29(13-9-23)26(31)20-36-19-24-18-35-15-14-30(24)37(32,33)27-21(3)16-25(34-5)17-22(27)4/h16-17,23-24H,6-15,18-20H2,1-5H3/t24-/m0/s1. The van der Waals surface area contributed by atoms with E-state index in [1.54, 1.807) is 33.1 Å². The molecule has 0 saturated carbocycles. The second-order valence-corrected chi connectivity index (χ2v) is 11.9.